The number of halogens is 3. The van der Waals surface area contributed by atoms with Crippen LogP contribution in [-0.4, -0.2) is 37.9 Å². The third-order valence-corrected chi connectivity index (χ3v) is 6.44. The van der Waals surface area contributed by atoms with E-state index < -0.39 is 10.0 Å². The molecule has 1 aliphatic heterocycles. The van der Waals surface area contributed by atoms with Crippen molar-refractivity contribution in [2.45, 2.75) is 30.8 Å². The first-order valence-electron chi connectivity index (χ1n) is 6.05. The van der Waals surface area contributed by atoms with Crippen LogP contribution in [0.5, 0.6) is 0 Å². The van der Waals surface area contributed by atoms with E-state index in [4.69, 9.17) is 23.2 Å². The Balaban J connectivity index is 0.00000200. The maximum absolute atomic E-state index is 12.7. The number of sulfonamides is 1. The molecular weight excluding hydrogens is 343 g/mol. The van der Waals surface area contributed by atoms with Crippen LogP contribution in [0.15, 0.2) is 23.1 Å². The van der Waals surface area contributed by atoms with E-state index >= 15 is 0 Å². The van der Waals surface area contributed by atoms with Crippen LogP contribution in [-0.2, 0) is 10.0 Å². The van der Waals surface area contributed by atoms with Crippen molar-refractivity contribution in [2.75, 3.05) is 13.1 Å². The van der Waals surface area contributed by atoms with Crippen LogP contribution in [0, 0.1) is 0 Å². The van der Waals surface area contributed by atoms with Crippen LogP contribution in [0.2, 0.25) is 10.0 Å². The van der Waals surface area contributed by atoms with Gasteiger partial charge in [-0.1, -0.05) is 29.3 Å². The summed E-state index contributed by atoms with van der Waals surface area (Å²) in [5.41, 5.74) is 0. The summed E-state index contributed by atoms with van der Waals surface area (Å²) < 4.78 is 26.8. The zero-order valence-corrected chi connectivity index (χ0v) is 14.3. The van der Waals surface area contributed by atoms with Gasteiger partial charge in [0.15, 0.2) is 0 Å². The average Bonchev–Trinajstić information content (AvgIpc) is 2.35. The van der Waals surface area contributed by atoms with E-state index in [1.807, 2.05) is 13.8 Å². The smallest absolute Gasteiger partial charge is 0.244 e. The predicted molar refractivity (Wildman–Crippen MR) is 84.5 cm³/mol. The van der Waals surface area contributed by atoms with Gasteiger partial charge in [0.1, 0.15) is 4.90 Å². The number of nitrogens with zero attached hydrogens (tertiary/aromatic N) is 1. The van der Waals surface area contributed by atoms with Gasteiger partial charge in [-0.15, -0.1) is 12.4 Å². The molecule has 1 aromatic rings. The van der Waals surface area contributed by atoms with E-state index in [0.29, 0.717) is 13.1 Å². The first-order chi connectivity index (χ1) is 8.85. The number of hydrogen-bond donors (Lipinski definition) is 1. The molecule has 1 fully saturated rings. The lowest BCUT2D eigenvalue weighted by molar-refractivity contribution is 0.233. The molecule has 2 rings (SSSR count). The SMILES string of the molecule is CC1NCCN(S(=O)(=O)c2cccc(Cl)c2Cl)C1C.Cl. The van der Waals surface area contributed by atoms with Crippen LogP contribution in [0.3, 0.4) is 0 Å². The zero-order chi connectivity index (χ0) is 14.2. The van der Waals surface area contributed by atoms with Gasteiger partial charge in [0, 0.05) is 25.2 Å². The largest absolute Gasteiger partial charge is 0.311 e. The molecule has 0 amide bonds. The fourth-order valence-corrected chi connectivity index (χ4v) is 4.62. The number of rotatable bonds is 2. The second-order valence-electron chi connectivity index (χ2n) is 4.65. The highest BCUT2D eigenvalue weighted by atomic mass is 35.5. The highest BCUT2D eigenvalue weighted by Gasteiger charge is 2.35. The molecule has 0 bridgehead atoms. The van der Waals surface area contributed by atoms with Gasteiger partial charge in [-0.25, -0.2) is 8.42 Å². The lowest BCUT2D eigenvalue weighted by Gasteiger charge is -2.37. The maximum Gasteiger partial charge on any atom is 0.244 e. The van der Waals surface area contributed by atoms with Crippen molar-refractivity contribution in [1.82, 2.24) is 9.62 Å². The van der Waals surface area contributed by atoms with E-state index in [1.54, 1.807) is 12.1 Å². The first-order valence-corrected chi connectivity index (χ1v) is 8.24. The van der Waals surface area contributed by atoms with Crippen molar-refractivity contribution in [1.29, 1.82) is 0 Å². The van der Waals surface area contributed by atoms with Gasteiger partial charge >= 0.3 is 0 Å². The molecule has 8 heteroatoms. The van der Waals surface area contributed by atoms with Crippen LogP contribution in [0.1, 0.15) is 13.8 Å². The van der Waals surface area contributed by atoms with E-state index in [-0.39, 0.29) is 39.4 Å². The molecule has 0 aliphatic carbocycles. The third-order valence-electron chi connectivity index (χ3n) is 3.48. The summed E-state index contributed by atoms with van der Waals surface area (Å²) in [5.74, 6) is 0. The molecule has 1 aromatic carbocycles. The third kappa shape index (κ3) is 3.24. The molecule has 1 aliphatic rings. The molecule has 114 valence electrons. The van der Waals surface area contributed by atoms with Crippen LogP contribution < -0.4 is 5.32 Å². The number of piperazine rings is 1. The topological polar surface area (TPSA) is 49.4 Å². The summed E-state index contributed by atoms with van der Waals surface area (Å²) in [4.78, 5) is 0.0719. The number of nitrogens with one attached hydrogen (secondary N) is 1. The fourth-order valence-electron chi connectivity index (χ4n) is 2.17. The molecule has 1 heterocycles. The van der Waals surface area contributed by atoms with Crippen LogP contribution in [0.25, 0.3) is 0 Å². The lowest BCUT2D eigenvalue weighted by atomic mass is 10.1. The van der Waals surface area contributed by atoms with Crippen molar-refractivity contribution in [3.05, 3.63) is 28.2 Å². The molecule has 0 saturated carbocycles. The van der Waals surface area contributed by atoms with Crippen LogP contribution in [0.4, 0.5) is 0 Å². The van der Waals surface area contributed by atoms with Crippen molar-refractivity contribution in [3.8, 4) is 0 Å². The normalized spacial score (nSPS) is 24.2. The molecule has 4 nitrogen and oxygen atoms in total. The standard InChI is InChI=1S/C12H16Cl2N2O2S.ClH/c1-8-9(2)16(7-6-15-8)19(17,18)11-5-3-4-10(13)12(11)14;/h3-5,8-9,15H,6-7H2,1-2H3;1H. The molecule has 1 N–H and O–H groups in total. The van der Waals surface area contributed by atoms with Crippen LogP contribution >= 0.6 is 35.6 Å². The first kappa shape index (κ1) is 18.0. The Hall–Kier alpha value is -0.0400. The van der Waals surface area contributed by atoms with Gasteiger partial charge < -0.3 is 5.32 Å². The summed E-state index contributed by atoms with van der Waals surface area (Å²) in [5, 5.41) is 3.58. The maximum atomic E-state index is 12.7. The highest BCUT2D eigenvalue weighted by Crippen LogP contribution is 2.32. The molecular formula is C12H17Cl3N2O2S. The number of benzene rings is 1. The monoisotopic (exact) mass is 358 g/mol. The summed E-state index contributed by atoms with van der Waals surface area (Å²) in [6.07, 6.45) is 0. The van der Waals surface area contributed by atoms with Crippen molar-refractivity contribution in [3.63, 3.8) is 0 Å². The highest BCUT2D eigenvalue weighted by molar-refractivity contribution is 7.89. The number of hydrogen-bond acceptors (Lipinski definition) is 3. The summed E-state index contributed by atoms with van der Waals surface area (Å²) in [6.45, 7) is 4.90. The Morgan fingerprint density at radius 3 is 2.60 bits per heavy atom. The minimum Gasteiger partial charge on any atom is -0.311 e. The van der Waals surface area contributed by atoms with E-state index in [0.717, 1.165) is 0 Å². The summed E-state index contributed by atoms with van der Waals surface area (Å²) in [7, 11) is -3.62. The van der Waals surface area contributed by atoms with Gasteiger partial charge in [0.05, 0.1) is 10.0 Å². The van der Waals surface area contributed by atoms with Crippen molar-refractivity contribution >= 4 is 45.6 Å². The minimum absolute atomic E-state index is 0. The van der Waals surface area contributed by atoms with Gasteiger partial charge in [0.25, 0.3) is 0 Å². The molecule has 2 unspecified atom stereocenters. The molecule has 0 aromatic heterocycles. The van der Waals surface area contributed by atoms with Gasteiger partial charge in [-0.3, -0.25) is 0 Å². The Bertz CT molecular complexity index is 580. The molecule has 20 heavy (non-hydrogen) atoms. The quantitative estimate of drug-likeness (QED) is 0.883. The molecule has 0 radical (unpaired) electrons. The van der Waals surface area contributed by atoms with E-state index in [9.17, 15) is 8.42 Å². The zero-order valence-electron chi connectivity index (χ0n) is 11.1. The lowest BCUT2D eigenvalue weighted by Crippen LogP contribution is -2.57. The van der Waals surface area contributed by atoms with E-state index in [1.165, 1.54) is 10.4 Å². The molecule has 1 saturated heterocycles. The second-order valence-corrected chi connectivity index (χ2v) is 7.30. The average molecular weight is 360 g/mol. The van der Waals surface area contributed by atoms with Gasteiger partial charge in [0.2, 0.25) is 10.0 Å². The Kier molecular flexibility index (Phi) is 6.14. The minimum atomic E-state index is -3.62. The van der Waals surface area contributed by atoms with Gasteiger partial charge in [-0.05, 0) is 26.0 Å². The second kappa shape index (κ2) is 6.81. The van der Waals surface area contributed by atoms with E-state index in [2.05, 4.69) is 5.32 Å². The predicted octanol–water partition coefficient (Wildman–Crippen LogP) is 2.79. The Labute approximate surface area is 135 Å². The molecule has 2 atom stereocenters. The Morgan fingerprint density at radius 1 is 1.30 bits per heavy atom. The summed E-state index contributed by atoms with van der Waals surface area (Å²) >= 11 is 11.9. The van der Waals surface area contributed by atoms with Crippen molar-refractivity contribution in [2.24, 2.45) is 0 Å². The van der Waals surface area contributed by atoms with Crippen molar-refractivity contribution < 1.29 is 8.42 Å². The summed E-state index contributed by atoms with van der Waals surface area (Å²) in [6, 6.07) is 4.63. The van der Waals surface area contributed by atoms with Gasteiger partial charge in [-0.2, -0.15) is 4.31 Å². The fraction of sp³-hybridized carbons (Fsp3) is 0.500. The Morgan fingerprint density at radius 2 is 1.95 bits per heavy atom. The molecule has 0 spiro atoms.